The molecule has 1 unspecified atom stereocenters. The molecule has 0 radical (unpaired) electrons. The minimum absolute atomic E-state index is 0.128. The van der Waals surface area contributed by atoms with Crippen molar-refractivity contribution in [3.63, 3.8) is 0 Å². The van der Waals surface area contributed by atoms with Crippen LogP contribution < -0.4 is 5.32 Å². The van der Waals surface area contributed by atoms with Gasteiger partial charge in [-0.15, -0.1) is 17.9 Å². The van der Waals surface area contributed by atoms with Gasteiger partial charge in [-0.3, -0.25) is 0 Å². The number of nitrogens with one attached hydrogen (secondary N) is 1. The van der Waals surface area contributed by atoms with Crippen LogP contribution in [0.2, 0.25) is 0 Å². The van der Waals surface area contributed by atoms with Gasteiger partial charge in [-0.25, -0.2) is 4.98 Å². The number of rotatable bonds is 6. The van der Waals surface area contributed by atoms with Crippen molar-refractivity contribution in [1.82, 2.24) is 10.3 Å². The van der Waals surface area contributed by atoms with Crippen LogP contribution in [0.1, 0.15) is 30.5 Å². The van der Waals surface area contributed by atoms with Gasteiger partial charge in [0, 0.05) is 29.8 Å². The van der Waals surface area contributed by atoms with E-state index in [-0.39, 0.29) is 5.41 Å². The van der Waals surface area contributed by atoms with Crippen LogP contribution in [0.3, 0.4) is 0 Å². The Morgan fingerprint density at radius 3 is 2.94 bits per heavy atom. The summed E-state index contributed by atoms with van der Waals surface area (Å²) in [5.41, 5.74) is 1.32. The second-order valence-corrected chi connectivity index (χ2v) is 6.11. The molecule has 0 aromatic carbocycles. The largest absolute Gasteiger partial charge is 0.313 e. The molecule has 0 saturated heterocycles. The van der Waals surface area contributed by atoms with Crippen molar-refractivity contribution >= 4 is 11.3 Å². The summed E-state index contributed by atoms with van der Waals surface area (Å²) in [4.78, 5) is 4.53. The summed E-state index contributed by atoms with van der Waals surface area (Å²) in [5.74, 6) is 0. The lowest BCUT2D eigenvalue weighted by atomic mass is 9.85. The Kier molecular flexibility index (Phi) is 3.45. The molecule has 1 N–H and O–H groups in total. The smallest absolute Gasteiger partial charge is 0.0897 e. The lowest BCUT2D eigenvalue weighted by molar-refractivity contribution is 0.386. The maximum Gasteiger partial charge on any atom is 0.0897 e. The number of nitrogens with zero attached hydrogens (tertiary/aromatic N) is 1. The van der Waals surface area contributed by atoms with E-state index in [2.05, 4.69) is 42.2 Å². The predicted octanol–water partition coefficient (Wildman–Crippen LogP) is 2.94. The molecule has 1 atom stereocenters. The van der Waals surface area contributed by atoms with E-state index in [1.54, 1.807) is 11.3 Å². The van der Waals surface area contributed by atoms with Gasteiger partial charge in [0.1, 0.15) is 0 Å². The first kappa shape index (κ1) is 11.8. The molecule has 0 aliphatic heterocycles. The molecule has 88 valence electrons. The van der Waals surface area contributed by atoms with Gasteiger partial charge in [0.2, 0.25) is 0 Å². The van der Waals surface area contributed by atoms with Gasteiger partial charge in [0.05, 0.1) is 10.7 Å². The zero-order valence-corrected chi connectivity index (χ0v) is 10.9. The fraction of sp³-hybridized carbons (Fsp3) is 0.615. The summed E-state index contributed by atoms with van der Waals surface area (Å²) in [6, 6.07) is 0.761. The third-order valence-electron chi connectivity index (χ3n) is 3.12. The second-order valence-electron chi connectivity index (χ2n) is 5.05. The van der Waals surface area contributed by atoms with E-state index in [4.69, 9.17) is 0 Å². The molecule has 2 nitrogen and oxygen atoms in total. The van der Waals surface area contributed by atoms with Crippen molar-refractivity contribution in [3.05, 3.63) is 28.7 Å². The van der Waals surface area contributed by atoms with Crippen molar-refractivity contribution in [2.45, 2.75) is 39.2 Å². The summed E-state index contributed by atoms with van der Waals surface area (Å²) in [5, 5.41) is 6.89. The second kappa shape index (κ2) is 4.68. The van der Waals surface area contributed by atoms with Crippen molar-refractivity contribution < 1.29 is 0 Å². The first-order chi connectivity index (χ1) is 7.61. The maximum atomic E-state index is 4.53. The summed E-state index contributed by atoms with van der Waals surface area (Å²) in [7, 11) is 0. The summed E-state index contributed by atoms with van der Waals surface area (Å²) in [6.45, 7) is 9.29. The van der Waals surface area contributed by atoms with Crippen LogP contribution in [0.5, 0.6) is 0 Å². The molecule has 1 aliphatic rings. The van der Waals surface area contributed by atoms with Gasteiger partial charge in [0.25, 0.3) is 0 Å². The molecule has 1 aromatic heterocycles. The van der Waals surface area contributed by atoms with Crippen LogP contribution in [-0.4, -0.2) is 17.6 Å². The van der Waals surface area contributed by atoms with Crippen LogP contribution in [0.25, 0.3) is 0 Å². The van der Waals surface area contributed by atoms with E-state index in [0.29, 0.717) is 0 Å². The van der Waals surface area contributed by atoms with Gasteiger partial charge in [-0.05, 0) is 19.8 Å². The number of aromatic nitrogens is 1. The monoisotopic (exact) mass is 236 g/mol. The highest BCUT2D eigenvalue weighted by Gasteiger charge is 2.27. The molecule has 1 heterocycles. The third-order valence-corrected chi connectivity index (χ3v) is 3.94. The van der Waals surface area contributed by atoms with Crippen LogP contribution in [0.4, 0.5) is 0 Å². The standard InChI is InChI=1S/C13H20N2S/c1-4-13(3,9-14-11-5-6-11)7-12-8-16-10(2)15-12/h4,8,11,14H,1,5-7,9H2,2-3H3. The van der Waals surface area contributed by atoms with E-state index in [0.717, 1.165) is 24.0 Å². The molecule has 1 fully saturated rings. The summed E-state index contributed by atoms with van der Waals surface area (Å²) in [6.07, 6.45) is 5.73. The van der Waals surface area contributed by atoms with Gasteiger partial charge in [-0.2, -0.15) is 0 Å². The molecule has 16 heavy (non-hydrogen) atoms. The Hall–Kier alpha value is -0.670. The Morgan fingerprint density at radius 2 is 2.44 bits per heavy atom. The minimum Gasteiger partial charge on any atom is -0.313 e. The molecule has 2 rings (SSSR count). The van der Waals surface area contributed by atoms with Crippen LogP contribution in [0, 0.1) is 12.3 Å². The highest BCUT2D eigenvalue weighted by atomic mass is 32.1. The molecule has 3 heteroatoms. The van der Waals surface area contributed by atoms with Crippen LogP contribution in [0.15, 0.2) is 18.0 Å². The quantitative estimate of drug-likeness (QED) is 0.768. The highest BCUT2D eigenvalue weighted by Crippen LogP contribution is 2.26. The molecular weight excluding hydrogens is 216 g/mol. The van der Waals surface area contributed by atoms with Gasteiger partial charge >= 0.3 is 0 Å². The Labute approximate surface area is 102 Å². The zero-order chi connectivity index (χ0) is 11.6. The Morgan fingerprint density at radius 1 is 1.69 bits per heavy atom. The fourth-order valence-corrected chi connectivity index (χ4v) is 2.39. The van der Waals surface area contributed by atoms with Crippen molar-refractivity contribution in [2.24, 2.45) is 5.41 Å². The Bertz CT molecular complexity index is 368. The normalized spacial score (nSPS) is 19.4. The van der Waals surface area contributed by atoms with Crippen molar-refractivity contribution in [3.8, 4) is 0 Å². The summed E-state index contributed by atoms with van der Waals surface area (Å²) >= 11 is 1.73. The minimum atomic E-state index is 0.128. The molecular formula is C13H20N2S. The SMILES string of the molecule is C=CC(C)(CNC1CC1)Cc1csc(C)n1. The van der Waals surface area contributed by atoms with Crippen molar-refractivity contribution in [2.75, 3.05) is 6.54 Å². The van der Waals surface area contributed by atoms with E-state index in [1.165, 1.54) is 18.5 Å². The fourth-order valence-electron chi connectivity index (χ4n) is 1.77. The lowest BCUT2D eigenvalue weighted by Gasteiger charge is -2.25. The average Bonchev–Trinajstić information content (AvgIpc) is 3.01. The maximum absolute atomic E-state index is 4.53. The molecule has 1 saturated carbocycles. The van der Waals surface area contributed by atoms with Gasteiger partial charge < -0.3 is 5.32 Å². The van der Waals surface area contributed by atoms with E-state index in [9.17, 15) is 0 Å². The molecule has 1 aliphatic carbocycles. The molecule has 0 amide bonds. The number of hydrogen-bond donors (Lipinski definition) is 1. The number of aryl methyl sites for hydroxylation is 1. The number of hydrogen-bond acceptors (Lipinski definition) is 3. The van der Waals surface area contributed by atoms with Gasteiger partial charge in [-0.1, -0.05) is 13.0 Å². The van der Waals surface area contributed by atoms with E-state index in [1.807, 2.05) is 0 Å². The highest BCUT2D eigenvalue weighted by molar-refractivity contribution is 7.09. The lowest BCUT2D eigenvalue weighted by Crippen LogP contribution is -2.33. The topological polar surface area (TPSA) is 24.9 Å². The predicted molar refractivity (Wildman–Crippen MR) is 69.9 cm³/mol. The third kappa shape index (κ3) is 3.16. The molecule has 0 bridgehead atoms. The first-order valence-electron chi connectivity index (χ1n) is 5.89. The first-order valence-corrected chi connectivity index (χ1v) is 6.77. The van der Waals surface area contributed by atoms with Gasteiger partial charge in [0.15, 0.2) is 0 Å². The summed E-state index contributed by atoms with van der Waals surface area (Å²) < 4.78 is 0. The Balaban J connectivity index is 1.93. The van der Waals surface area contributed by atoms with Crippen molar-refractivity contribution in [1.29, 1.82) is 0 Å². The molecule has 0 spiro atoms. The van der Waals surface area contributed by atoms with E-state index >= 15 is 0 Å². The average molecular weight is 236 g/mol. The number of thiazole rings is 1. The molecule has 1 aromatic rings. The van der Waals surface area contributed by atoms with Crippen LogP contribution >= 0.6 is 11.3 Å². The van der Waals surface area contributed by atoms with E-state index < -0.39 is 0 Å². The van der Waals surface area contributed by atoms with Crippen LogP contribution in [-0.2, 0) is 6.42 Å². The zero-order valence-electron chi connectivity index (χ0n) is 10.1.